The van der Waals surface area contributed by atoms with Crippen LogP contribution >= 0.6 is 0 Å². The molecule has 3 rings (SSSR count). The van der Waals surface area contributed by atoms with Crippen molar-refractivity contribution >= 4 is 32.3 Å². The second kappa shape index (κ2) is 12.6. The van der Waals surface area contributed by atoms with E-state index in [0.717, 1.165) is 0 Å². The Morgan fingerprint density at radius 3 is 1.66 bits per heavy atom. The Hall–Kier alpha value is -2.49. The van der Waals surface area contributed by atoms with Crippen molar-refractivity contribution in [3.63, 3.8) is 0 Å². The summed E-state index contributed by atoms with van der Waals surface area (Å²) < 4.78 is 11.0. The molecule has 1 aromatic heterocycles. The number of aromatic nitrogens is 2. The molecule has 0 amide bonds. The Labute approximate surface area is 237 Å². The number of rotatable bonds is 9. The molecule has 0 aliphatic rings. The zero-order chi connectivity index (χ0) is 28.2. The Bertz CT molecular complexity index is 1150. The van der Waals surface area contributed by atoms with Crippen LogP contribution in [0.3, 0.4) is 0 Å². The standard InChI is InChI=1S/C33H47N4Se/c1-22(2)26-14-12-15-27(23(3)4)30(26)36-20-21-37(32(36)38-35-19-18-34-33(9,10)11)31-28(24(5)6)16-13-17-29(31)25(7)8/h12-25H,1-11H3/q+1/b34-18?,35-19-. The number of imidazole rings is 1. The van der Waals surface area contributed by atoms with Gasteiger partial charge in [0.15, 0.2) is 0 Å². The summed E-state index contributed by atoms with van der Waals surface area (Å²) in [7, 11) is 0. The molecule has 0 saturated carbocycles. The summed E-state index contributed by atoms with van der Waals surface area (Å²) in [5.74, 6) is 1.65. The molecule has 2 aromatic carbocycles. The second-order valence-corrected chi connectivity index (χ2v) is 13.9. The number of benzene rings is 2. The van der Waals surface area contributed by atoms with Gasteiger partial charge in [-0.2, -0.15) is 0 Å². The zero-order valence-electron chi connectivity index (χ0n) is 25.3. The fourth-order valence-electron chi connectivity index (χ4n) is 4.75. The summed E-state index contributed by atoms with van der Waals surface area (Å²) in [4.78, 5) is 4.61. The number of hydrogen-bond acceptors (Lipinski definition) is 2. The van der Waals surface area contributed by atoms with Gasteiger partial charge in [-0.05, 0) is 0 Å². The molecular weight excluding hydrogens is 531 g/mol. The van der Waals surface area contributed by atoms with E-state index < -0.39 is 0 Å². The van der Waals surface area contributed by atoms with E-state index in [1.807, 2.05) is 12.4 Å². The van der Waals surface area contributed by atoms with Crippen LogP contribution < -0.4 is 9.29 Å². The van der Waals surface area contributed by atoms with E-state index >= 15 is 0 Å². The Balaban J connectivity index is 2.34. The quantitative estimate of drug-likeness (QED) is 0.144. The summed E-state index contributed by atoms with van der Waals surface area (Å²) >= 11 is -0.163. The van der Waals surface area contributed by atoms with Crippen LogP contribution in [-0.2, 0) is 0 Å². The number of aliphatic imine (C=N–C) groups is 1. The van der Waals surface area contributed by atoms with Gasteiger partial charge in [-0.3, -0.25) is 0 Å². The van der Waals surface area contributed by atoms with Gasteiger partial charge >= 0.3 is 238 Å². The SMILES string of the molecule is CC(C)c1cccc(C(C)C)c1-n1cc[n+](-c2c(C(C)C)cccc2C(C)C)c1[Se]/N=C\C=NC(C)(C)C. The molecule has 0 atom stereocenters. The summed E-state index contributed by atoms with van der Waals surface area (Å²) in [5, 5.41) is 0. The predicted octanol–water partition coefficient (Wildman–Crippen LogP) is 7.43. The van der Waals surface area contributed by atoms with E-state index in [1.54, 1.807) is 0 Å². The zero-order valence-corrected chi connectivity index (χ0v) is 27.0. The van der Waals surface area contributed by atoms with Gasteiger partial charge < -0.3 is 0 Å². The van der Waals surface area contributed by atoms with Gasteiger partial charge in [0, 0.05) is 0 Å². The Morgan fingerprint density at radius 1 is 0.737 bits per heavy atom. The molecule has 0 aliphatic carbocycles. The van der Waals surface area contributed by atoms with Gasteiger partial charge in [0.2, 0.25) is 0 Å². The van der Waals surface area contributed by atoms with E-state index in [1.165, 1.54) is 38.4 Å². The van der Waals surface area contributed by atoms with Gasteiger partial charge in [0.1, 0.15) is 0 Å². The van der Waals surface area contributed by atoms with E-state index in [2.05, 4.69) is 139 Å². The van der Waals surface area contributed by atoms with Gasteiger partial charge in [-0.25, -0.2) is 0 Å². The van der Waals surface area contributed by atoms with Crippen LogP contribution in [0.5, 0.6) is 0 Å². The summed E-state index contributed by atoms with van der Waals surface area (Å²) in [6.07, 6.45) is 8.24. The first-order valence-electron chi connectivity index (χ1n) is 14.0. The normalized spacial score (nSPS) is 12.9. The predicted molar refractivity (Wildman–Crippen MR) is 166 cm³/mol. The van der Waals surface area contributed by atoms with E-state index in [9.17, 15) is 0 Å². The molecule has 0 radical (unpaired) electrons. The summed E-state index contributed by atoms with van der Waals surface area (Å²) in [5.41, 5.74) is 7.99. The van der Waals surface area contributed by atoms with Gasteiger partial charge in [0.25, 0.3) is 0 Å². The van der Waals surface area contributed by atoms with Crippen LogP contribution in [-0.4, -0.2) is 37.7 Å². The molecule has 0 N–H and O–H groups in total. The topological polar surface area (TPSA) is 33.5 Å². The molecule has 3 aromatic rings. The molecule has 38 heavy (non-hydrogen) atoms. The maximum absolute atomic E-state index is 4.93. The molecule has 0 spiro atoms. The molecule has 0 fully saturated rings. The van der Waals surface area contributed by atoms with Crippen LogP contribution in [0.25, 0.3) is 11.4 Å². The van der Waals surface area contributed by atoms with Crippen molar-refractivity contribution in [2.45, 2.75) is 105 Å². The van der Waals surface area contributed by atoms with Crippen molar-refractivity contribution in [3.8, 4) is 11.4 Å². The third-order valence-electron chi connectivity index (χ3n) is 6.67. The molecule has 4 nitrogen and oxygen atoms in total. The molecular formula is C33H47N4Se+. The number of hydrogen-bond donors (Lipinski definition) is 0. The van der Waals surface area contributed by atoms with Crippen LogP contribution in [0, 0.1) is 0 Å². The molecule has 0 aliphatic heterocycles. The van der Waals surface area contributed by atoms with Crippen molar-refractivity contribution in [1.82, 2.24) is 4.57 Å². The average Bonchev–Trinajstić information content (AvgIpc) is 3.24. The number of nitrogens with zero attached hydrogens (tertiary/aromatic N) is 4. The van der Waals surface area contributed by atoms with Crippen molar-refractivity contribution in [2.24, 2.45) is 9.00 Å². The molecule has 204 valence electrons. The Morgan fingerprint density at radius 2 is 1.21 bits per heavy atom. The van der Waals surface area contributed by atoms with Gasteiger partial charge in [-0.15, -0.1) is 0 Å². The fourth-order valence-corrected chi connectivity index (χ4v) is 6.19. The number of para-hydroxylation sites is 2. The summed E-state index contributed by atoms with van der Waals surface area (Å²) in [6.45, 7) is 24.6. The minimum atomic E-state index is -0.163. The van der Waals surface area contributed by atoms with Crippen molar-refractivity contribution in [3.05, 3.63) is 71.0 Å². The molecule has 0 saturated heterocycles. The third-order valence-corrected chi connectivity index (χ3v) is 8.31. The van der Waals surface area contributed by atoms with E-state index in [4.69, 9.17) is 4.01 Å². The van der Waals surface area contributed by atoms with Gasteiger partial charge in [-0.1, -0.05) is 0 Å². The van der Waals surface area contributed by atoms with Crippen LogP contribution in [0.1, 0.15) is 122 Å². The molecule has 1 heterocycles. The first-order valence-corrected chi connectivity index (χ1v) is 15.6. The first kappa shape index (κ1) is 30.1. The van der Waals surface area contributed by atoms with Crippen LogP contribution in [0.2, 0.25) is 0 Å². The minimum absolute atomic E-state index is 0.107. The Kier molecular flexibility index (Phi) is 9.95. The van der Waals surface area contributed by atoms with Gasteiger partial charge in [0.05, 0.1) is 0 Å². The fraction of sp³-hybridized carbons (Fsp3) is 0.485. The molecule has 0 unspecified atom stereocenters. The van der Waals surface area contributed by atoms with Crippen molar-refractivity contribution in [1.29, 1.82) is 0 Å². The van der Waals surface area contributed by atoms with E-state index in [-0.39, 0.29) is 20.7 Å². The van der Waals surface area contributed by atoms with Crippen LogP contribution in [0.15, 0.2) is 57.8 Å². The first-order chi connectivity index (χ1) is 17.8. The van der Waals surface area contributed by atoms with Crippen molar-refractivity contribution < 1.29 is 4.57 Å². The van der Waals surface area contributed by atoms with Crippen LogP contribution in [0.4, 0.5) is 0 Å². The molecule has 5 heteroatoms. The second-order valence-electron chi connectivity index (χ2n) is 12.3. The maximum atomic E-state index is 4.93. The third kappa shape index (κ3) is 6.93. The average molecular weight is 579 g/mol. The monoisotopic (exact) mass is 579 g/mol. The summed E-state index contributed by atoms with van der Waals surface area (Å²) in [6, 6.07) is 13.6. The van der Waals surface area contributed by atoms with E-state index in [0.29, 0.717) is 23.7 Å². The van der Waals surface area contributed by atoms with Crippen molar-refractivity contribution in [2.75, 3.05) is 0 Å². The molecule has 0 bridgehead atoms.